The number of aryl methyl sites for hydroxylation is 6. The van der Waals surface area contributed by atoms with Gasteiger partial charge in [0.15, 0.2) is 0 Å². The molecule has 2 atom stereocenters. The number of methoxy groups -OCH3 is 2. The van der Waals surface area contributed by atoms with Crippen LogP contribution in [0.1, 0.15) is 78.6 Å². The molecule has 0 fully saturated rings. The molecule has 0 unspecified atom stereocenters. The average molecular weight is 609 g/mol. The van der Waals surface area contributed by atoms with Gasteiger partial charge in [0.05, 0.1) is 26.4 Å². The third kappa shape index (κ3) is 6.41. The second-order valence-electron chi connectivity index (χ2n) is 14.0. The number of ether oxygens (including phenoxy) is 2. The van der Waals surface area contributed by atoms with Gasteiger partial charge in [0.25, 0.3) is 0 Å². The van der Waals surface area contributed by atoms with E-state index in [9.17, 15) is 10.2 Å². The molecule has 0 aliphatic heterocycles. The highest BCUT2D eigenvalue weighted by molar-refractivity contribution is 5.79. The number of para-hydroxylation sites is 2. The maximum Gasteiger partial charge on any atom is 0.130 e. The first kappa shape index (κ1) is 34.3. The van der Waals surface area contributed by atoms with E-state index in [2.05, 4.69) is 77.9 Å². The van der Waals surface area contributed by atoms with E-state index < -0.39 is 23.0 Å². The number of rotatable bonds is 10. The lowest BCUT2D eigenvalue weighted by Gasteiger charge is -2.39. The van der Waals surface area contributed by atoms with Crippen LogP contribution in [0.15, 0.2) is 60.7 Å². The molecule has 45 heavy (non-hydrogen) atoms. The van der Waals surface area contributed by atoms with Gasteiger partial charge in [-0.1, -0.05) is 99.5 Å². The van der Waals surface area contributed by atoms with Gasteiger partial charge in [-0.15, -0.1) is 0 Å². The van der Waals surface area contributed by atoms with E-state index in [-0.39, 0.29) is 6.42 Å². The quantitative estimate of drug-likeness (QED) is 0.188. The van der Waals surface area contributed by atoms with Crippen molar-refractivity contribution in [3.8, 4) is 33.8 Å². The first-order valence-electron chi connectivity index (χ1n) is 15.9. The number of aliphatic hydroxyl groups is 2. The standard InChI is InChI=1S/C41H52O4/c1-24-19-26(3)36(27(4)20-24)30-15-13-17-32(38(30)44-11)40(7,8)34(42)23-35(43)41(9,10)33-18-14-16-31(39(33)45-12)37-28(5)21-25(2)22-29(37)6/h13-22,34-35,42-43H,23H2,1-12H3/t34-,35-/m1/s1. The number of aliphatic hydroxyl groups excluding tert-OH is 2. The Morgan fingerprint density at radius 3 is 1.16 bits per heavy atom. The van der Waals surface area contributed by atoms with E-state index in [4.69, 9.17) is 9.47 Å². The van der Waals surface area contributed by atoms with E-state index in [0.29, 0.717) is 0 Å². The Labute approximate surface area is 271 Å². The molecule has 0 aromatic heterocycles. The van der Waals surface area contributed by atoms with Crippen molar-refractivity contribution in [1.29, 1.82) is 0 Å². The van der Waals surface area contributed by atoms with E-state index in [1.807, 2.05) is 52.0 Å². The van der Waals surface area contributed by atoms with Gasteiger partial charge < -0.3 is 19.7 Å². The van der Waals surface area contributed by atoms with Crippen LogP contribution in [0.3, 0.4) is 0 Å². The lowest BCUT2D eigenvalue weighted by Crippen LogP contribution is -2.42. The molecule has 0 aliphatic carbocycles. The second-order valence-corrected chi connectivity index (χ2v) is 14.0. The molecule has 0 radical (unpaired) electrons. The predicted octanol–water partition coefficient (Wildman–Crippen LogP) is 9.26. The van der Waals surface area contributed by atoms with Crippen LogP contribution in [-0.2, 0) is 10.8 Å². The minimum atomic E-state index is -0.855. The van der Waals surface area contributed by atoms with Crippen LogP contribution >= 0.6 is 0 Å². The van der Waals surface area contributed by atoms with Crippen molar-refractivity contribution < 1.29 is 19.7 Å². The van der Waals surface area contributed by atoms with Gasteiger partial charge >= 0.3 is 0 Å². The van der Waals surface area contributed by atoms with E-state index in [1.165, 1.54) is 33.4 Å². The third-order valence-corrected chi connectivity index (χ3v) is 9.83. The smallest absolute Gasteiger partial charge is 0.130 e. The molecule has 0 amide bonds. The third-order valence-electron chi connectivity index (χ3n) is 9.83. The van der Waals surface area contributed by atoms with Crippen molar-refractivity contribution in [2.75, 3.05) is 14.2 Å². The Hall–Kier alpha value is -3.60. The zero-order valence-electron chi connectivity index (χ0n) is 29.3. The lowest BCUT2D eigenvalue weighted by atomic mass is 9.71. The summed E-state index contributed by atoms with van der Waals surface area (Å²) in [4.78, 5) is 0. The van der Waals surface area contributed by atoms with Crippen molar-refractivity contribution in [2.45, 2.75) is 98.7 Å². The fraction of sp³-hybridized carbons (Fsp3) is 0.415. The summed E-state index contributed by atoms with van der Waals surface area (Å²) < 4.78 is 12.1. The molecule has 0 saturated heterocycles. The molecule has 240 valence electrons. The number of hydrogen-bond acceptors (Lipinski definition) is 4. The molecular weight excluding hydrogens is 556 g/mol. The predicted molar refractivity (Wildman–Crippen MR) is 188 cm³/mol. The van der Waals surface area contributed by atoms with Crippen molar-refractivity contribution in [3.63, 3.8) is 0 Å². The molecule has 0 aliphatic rings. The van der Waals surface area contributed by atoms with Gasteiger partial charge in [-0.3, -0.25) is 0 Å². The normalized spacial score (nSPS) is 13.5. The van der Waals surface area contributed by atoms with E-state index >= 15 is 0 Å². The van der Waals surface area contributed by atoms with E-state index in [1.54, 1.807) is 14.2 Å². The molecule has 4 rings (SSSR count). The zero-order valence-corrected chi connectivity index (χ0v) is 29.3. The highest BCUT2D eigenvalue weighted by Crippen LogP contribution is 2.46. The summed E-state index contributed by atoms with van der Waals surface area (Å²) in [6.45, 7) is 20.8. The molecule has 0 saturated carbocycles. The van der Waals surface area contributed by atoms with Gasteiger partial charge in [-0.25, -0.2) is 0 Å². The summed E-state index contributed by atoms with van der Waals surface area (Å²) in [5, 5.41) is 23.7. The van der Waals surface area contributed by atoms with Gasteiger partial charge in [-0.05, 0) is 74.9 Å². The molecule has 0 heterocycles. The second kappa shape index (κ2) is 13.0. The average Bonchev–Trinajstić information content (AvgIpc) is 2.95. The Bertz CT molecular complexity index is 1520. The minimum absolute atomic E-state index is 0.173. The Morgan fingerprint density at radius 1 is 0.556 bits per heavy atom. The zero-order chi connectivity index (χ0) is 33.4. The number of benzene rings is 4. The summed E-state index contributed by atoms with van der Waals surface area (Å²) in [5.74, 6) is 1.51. The highest BCUT2D eigenvalue weighted by atomic mass is 16.5. The van der Waals surface area contributed by atoms with Crippen molar-refractivity contribution in [3.05, 3.63) is 105 Å². The summed E-state index contributed by atoms with van der Waals surface area (Å²) in [6.07, 6.45) is -1.54. The Balaban J connectivity index is 1.71. The molecular formula is C41H52O4. The van der Waals surface area contributed by atoms with Crippen molar-refractivity contribution in [2.24, 2.45) is 0 Å². The molecule has 0 spiro atoms. The van der Waals surface area contributed by atoms with Crippen LogP contribution in [0.5, 0.6) is 11.5 Å². The maximum atomic E-state index is 11.8. The van der Waals surface area contributed by atoms with Crippen LogP contribution in [0.2, 0.25) is 0 Å². The molecule has 4 aromatic carbocycles. The van der Waals surface area contributed by atoms with Crippen molar-refractivity contribution in [1.82, 2.24) is 0 Å². The maximum absolute atomic E-state index is 11.8. The molecule has 2 N–H and O–H groups in total. The number of hydrogen-bond donors (Lipinski definition) is 2. The topological polar surface area (TPSA) is 58.9 Å². The van der Waals surface area contributed by atoms with Gasteiger partial charge in [-0.2, -0.15) is 0 Å². The molecule has 0 bridgehead atoms. The molecule has 4 nitrogen and oxygen atoms in total. The SMILES string of the molecule is COc1c(-c2c(C)cc(C)cc2C)cccc1C(C)(C)[C@H](O)C[C@@H](O)C(C)(C)c1cccc(-c2c(C)cc(C)cc2C)c1OC. The summed E-state index contributed by atoms with van der Waals surface area (Å²) in [6, 6.07) is 21.1. The largest absolute Gasteiger partial charge is 0.496 e. The first-order valence-corrected chi connectivity index (χ1v) is 15.9. The lowest BCUT2D eigenvalue weighted by molar-refractivity contribution is 0.00859. The molecule has 4 aromatic rings. The first-order chi connectivity index (χ1) is 21.1. The van der Waals surface area contributed by atoms with Gasteiger partial charge in [0.1, 0.15) is 11.5 Å². The summed E-state index contributed by atoms with van der Waals surface area (Å²) in [7, 11) is 3.39. The summed E-state index contributed by atoms with van der Waals surface area (Å²) >= 11 is 0. The highest BCUT2D eigenvalue weighted by Gasteiger charge is 2.40. The summed E-state index contributed by atoms with van der Waals surface area (Å²) in [5.41, 5.74) is 11.9. The van der Waals surface area contributed by atoms with Gasteiger partial charge in [0.2, 0.25) is 0 Å². The fourth-order valence-corrected chi connectivity index (χ4v) is 7.29. The van der Waals surface area contributed by atoms with Crippen LogP contribution in [0, 0.1) is 41.5 Å². The van der Waals surface area contributed by atoms with E-state index in [0.717, 1.165) is 44.9 Å². The van der Waals surface area contributed by atoms with Crippen molar-refractivity contribution >= 4 is 0 Å². The van der Waals surface area contributed by atoms with Crippen LogP contribution in [-0.4, -0.2) is 36.6 Å². The molecule has 4 heteroatoms. The van der Waals surface area contributed by atoms with Gasteiger partial charge in [0, 0.05) is 39.5 Å². The van der Waals surface area contributed by atoms with Crippen LogP contribution in [0.4, 0.5) is 0 Å². The van der Waals surface area contributed by atoms with Crippen LogP contribution in [0.25, 0.3) is 22.3 Å². The monoisotopic (exact) mass is 608 g/mol. The Morgan fingerprint density at radius 2 is 0.867 bits per heavy atom. The Kier molecular flexibility index (Phi) is 9.92. The fourth-order valence-electron chi connectivity index (χ4n) is 7.29. The van der Waals surface area contributed by atoms with Crippen LogP contribution < -0.4 is 9.47 Å². The minimum Gasteiger partial charge on any atom is -0.496 e.